The maximum atomic E-state index is 12.7. The normalized spacial score (nSPS) is 14.4. The highest BCUT2D eigenvalue weighted by atomic mass is 35.5. The minimum Gasteiger partial charge on any atom is -0.341 e. The number of amides is 1. The molecule has 1 aromatic carbocycles. The molecule has 0 aliphatic carbocycles. The Kier molecular flexibility index (Phi) is 4.01. The van der Waals surface area contributed by atoms with Crippen LogP contribution in [0.2, 0.25) is 5.02 Å². The van der Waals surface area contributed by atoms with Crippen molar-refractivity contribution in [3.05, 3.63) is 52.2 Å². The van der Waals surface area contributed by atoms with E-state index in [0.717, 1.165) is 31.6 Å². The second-order valence-electron chi connectivity index (χ2n) is 6.04. The van der Waals surface area contributed by atoms with Gasteiger partial charge in [-0.3, -0.25) is 14.2 Å². The molecule has 3 heterocycles. The van der Waals surface area contributed by atoms with Gasteiger partial charge in [0.15, 0.2) is 5.65 Å². The van der Waals surface area contributed by atoms with Gasteiger partial charge in [-0.25, -0.2) is 9.67 Å². The third-order valence-corrected chi connectivity index (χ3v) is 4.64. The number of aromatic nitrogens is 4. The van der Waals surface area contributed by atoms with Crippen molar-refractivity contribution < 1.29 is 4.79 Å². The molecule has 1 aliphatic rings. The summed E-state index contributed by atoms with van der Waals surface area (Å²) in [5.41, 5.74) is 0.951. The Balaban J connectivity index is 1.68. The van der Waals surface area contributed by atoms with E-state index < -0.39 is 0 Å². The molecule has 0 bridgehead atoms. The summed E-state index contributed by atoms with van der Waals surface area (Å²) in [6.07, 6.45) is 4.93. The van der Waals surface area contributed by atoms with E-state index >= 15 is 0 Å². The van der Waals surface area contributed by atoms with Crippen molar-refractivity contribution >= 4 is 28.5 Å². The fourth-order valence-electron chi connectivity index (χ4n) is 3.04. The van der Waals surface area contributed by atoms with Gasteiger partial charge < -0.3 is 4.90 Å². The summed E-state index contributed by atoms with van der Waals surface area (Å²) < 4.78 is 2.93. The lowest BCUT2D eigenvalue weighted by atomic mass is 10.3. The highest BCUT2D eigenvalue weighted by Crippen LogP contribution is 2.16. The van der Waals surface area contributed by atoms with E-state index in [1.807, 2.05) is 0 Å². The van der Waals surface area contributed by atoms with Crippen LogP contribution in [0.5, 0.6) is 0 Å². The van der Waals surface area contributed by atoms with Crippen molar-refractivity contribution in [2.24, 2.45) is 0 Å². The van der Waals surface area contributed by atoms with Crippen molar-refractivity contribution in [1.82, 2.24) is 24.2 Å². The first-order valence-electron chi connectivity index (χ1n) is 8.10. The number of hydrogen-bond acceptors (Lipinski definition) is 4. The second kappa shape index (κ2) is 6.33. The fraction of sp³-hybridized carbons (Fsp3) is 0.294. The SMILES string of the molecule is O=C(Cn1cnc2c(cnn2-c2ccc(Cl)cc2)c1=O)N1CCCC1. The molecule has 0 spiro atoms. The summed E-state index contributed by atoms with van der Waals surface area (Å²) >= 11 is 5.91. The molecule has 3 aromatic rings. The Morgan fingerprint density at radius 2 is 1.88 bits per heavy atom. The van der Waals surface area contributed by atoms with Crippen LogP contribution in [0.1, 0.15) is 12.8 Å². The minimum absolute atomic E-state index is 0.00784. The summed E-state index contributed by atoms with van der Waals surface area (Å²) in [5, 5.41) is 5.26. The van der Waals surface area contributed by atoms with E-state index in [2.05, 4.69) is 10.1 Å². The molecule has 1 saturated heterocycles. The van der Waals surface area contributed by atoms with Crippen LogP contribution in [0.25, 0.3) is 16.7 Å². The van der Waals surface area contributed by atoms with E-state index in [-0.39, 0.29) is 18.0 Å². The molecule has 4 rings (SSSR count). The fourth-order valence-corrected chi connectivity index (χ4v) is 3.17. The lowest BCUT2D eigenvalue weighted by molar-refractivity contribution is -0.130. The van der Waals surface area contributed by atoms with Gasteiger partial charge in [0, 0.05) is 18.1 Å². The number of carbonyl (C=O) groups is 1. The monoisotopic (exact) mass is 357 g/mol. The Morgan fingerprint density at radius 3 is 2.60 bits per heavy atom. The van der Waals surface area contributed by atoms with Crippen LogP contribution in [0.4, 0.5) is 0 Å². The summed E-state index contributed by atoms with van der Waals surface area (Å²) in [5.74, 6) is -0.0501. The van der Waals surface area contributed by atoms with Gasteiger partial charge in [0.1, 0.15) is 18.3 Å². The smallest absolute Gasteiger partial charge is 0.264 e. The zero-order valence-electron chi connectivity index (χ0n) is 13.4. The van der Waals surface area contributed by atoms with Crippen LogP contribution in [0.3, 0.4) is 0 Å². The molecule has 25 heavy (non-hydrogen) atoms. The minimum atomic E-state index is -0.266. The van der Waals surface area contributed by atoms with Gasteiger partial charge in [-0.05, 0) is 37.1 Å². The summed E-state index contributed by atoms with van der Waals surface area (Å²) in [6, 6.07) is 7.11. The van der Waals surface area contributed by atoms with Crippen LogP contribution in [0, 0.1) is 0 Å². The number of benzene rings is 1. The number of halogens is 1. The number of fused-ring (bicyclic) bond motifs is 1. The number of hydrogen-bond donors (Lipinski definition) is 0. The Morgan fingerprint density at radius 1 is 1.16 bits per heavy atom. The predicted octanol–water partition coefficient (Wildman–Crippen LogP) is 1.86. The molecule has 1 aliphatic heterocycles. The second-order valence-corrected chi connectivity index (χ2v) is 6.47. The Hall–Kier alpha value is -2.67. The molecular formula is C17H16ClN5O2. The molecule has 0 unspecified atom stereocenters. The number of nitrogens with zero attached hydrogens (tertiary/aromatic N) is 5. The van der Waals surface area contributed by atoms with Crippen LogP contribution in [-0.4, -0.2) is 43.2 Å². The summed E-state index contributed by atoms with van der Waals surface area (Å²) in [6.45, 7) is 1.53. The molecule has 0 atom stereocenters. The van der Waals surface area contributed by atoms with Gasteiger partial charge >= 0.3 is 0 Å². The third-order valence-electron chi connectivity index (χ3n) is 4.39. The topological polar surface area (TPSA) is 73.0 Å². The van der Waals surface area contributed by atoms with E-state index in [0.29, 0.717) is 16.1 Å². The molecule has 0 N–H and O–H groups in total. The van der Waals surface area contributed by atoms with E-state index in [9.17, 15) is 9.59 Å². The van der Waals surface area contributed by atoms with Gasteiger partial charge in [-0.1, -0.05) is 11.6 Å². The van der Waals surface area contributed by atoms with E-state index in [1.165, 1.54) is 17.1 Å². The number of likely N-dealkylation sites (tertiary alicyclic amines) is 1. The van der Waals surface area contributed by atoms with Gasteiger partial charge in [0.25, 0.3) is 5.56 Å². The van der Waals surface area contributed by atoms with E-state index in [4.69, 9.17) is 11.6 Å². The maximum Gasteiger partial charge on any atom is 0.264 e. The average Bonchev–Trinajstić information content (AvgIpc) is 3.28. The van der Waals surface area contributed by atoms with Crippen LogP contribution in [-0.2, 0) is 11.3 Å². The van der Waals surface area contributed by atoms with Crippen LogP contribution in [0.15, 0.2) is 41.6 Å². The molecule has 0 saturated carbocycles. The van der Waals surface area contributed by atoms with Gasteiger partial charge in [-0.2, -0.15) is 5.10 Å². The molecular weight excluding hydrogens is 342 g/mol. The lowest BCUT2D eigenvalue weighted by Crippen LogP contribution is -2.34. The van der Waals surface area contributed by atoms with Crippen molar-refractivity contribution in [2.45, 2.75) is 19.4 Å². The standard InChI is InChI=1S/C17H16ClN5O2/c18-12-3-5-13(6-4-12)23-16-14(9-20-23)17(25)22(11-19-16)10-15(24)21-7-1-2-8-21/h3-6,9,11H,1-2,7-8,10H2. The van der Waals surface area contributed by atoms with Crippen LogP contribution >= 0.6 is 11.6 Å². The van der Waals surface area contributed by atoms with Crippen molar-refractivity contribution in [3.63, 3.8) is 0 Å². The Labute approximate surface area is 148 Å². The molecule has 1 fully saturated rings. The first kappa shape index (κ1) is 15.8. The molecule has 0 radical (unpaired) electrons. The van der Waals surface area contributed by atoms with Gasteiger partial charge in [0.2, 0.25) is 5.91 Å². The highest BCUT2D eigenvalue weighted by Gasteiger charge is 2.19. The van der Waals surface area contributed by atoms with Gasteiger partial charge in [0.05, 0.1) is 11.9 Å². The number of rotatable bonds is 3. The zero-order chi connectivity index (χ0) is 17.4. The van der Waals surface area contributed by atoms with Crippen molar-refractivity contribution in [1.29, 1.82) is 0 Å². The average molecular weight is 358 g/mol. The maximum absolute atomic E-state index is 12.7. The van der Waals surface area contributed by atoms with Crippen molar-refractivity contribution in [2.75, 3.05) is 13.1 Å². The zero-order valence-corrected chi connectivity index (χ0v) is 14.2. The molecule has 128 valence electrons. The van der Waals surface area contributed by atoms with Gasteiger partial charge in [-0.15, -0.1) is 0 Å². The van der Waals surface area contributed by atoms with Crippen molar-refractivity contribution in [3.8, 4) is 5.69 Å². The quantitative estimate of drug-likeness (QED) is 0.717. The third kappa shape index (κ3) is 2.91. The first-order chi connectivity index (χ1) is 12.1. The van der Waals surface area contributed by atoms with E-state index in [1.54, 1.807) is 33.8 Å². The lowest BCUT2D eigenvalue weighted by Gasteiger charge is -2.15. The largest absolute Gasteiger partial charge is 0.341 e. The summed E-state index contributed by atoms with van der Waals surface area (Å²) in [7, 11) is 0. The molecule has 1 amide bonds. The van der Waals surface area contributed by atoms with Crippen LogP contribution < -0.4 is 5.56 Å². The molecule has 8 heteroatoms. The summed E-state index contributed by atoms with van der Waals surface area (Å²) in [4.78, 5) is 31.0. The predicted molar refractivity (Wildman–Crippen MR) is 93.9 cm³/mol. The number of carbonyl (C=O) groups excluding carboxylic acids is 1. The first-order valence-corrected chi connectivity index (χ1v) is 8.48. The highest BCUT2D eigenvalue weighted by molar-refractivity contribution is 6.30. The molecule has 2 aromatic heterocycles. The molecule has 7 nitrogen and oxygen atoms in total. The Bertz CT molecular complexity index is 986.